The van der Waals surface area contributed by atoms with Crippen LogP contribution in [0.25, 0.3) is 10.8 Å². The number of thioether (sulfide) groups is 1. The summed E-state index contributed by atoms with van der Waals surface area (Å²) in [5.41, 5.74) is 1.11. The number of aromatic nitrogens is 2. The lowest BCUT2D eigenvalue weighted by Gasteiger charge is -2.22. The lowest BCUT2D eigenvalue weighted by Crippen LogP contribution is -2.32. The fraction of sp³-hybridized carbons (Fsp3) is 0.278. The van der Waals surface area contributed by atoms with Crippen molar-refractivity contribution in [2.45, 2.75) is 25.1 Å². The first-order valence-electron chi connectivity index (χ1n) is 7.98. The molecule has 3 aromatic rings. The molecule has 0 aliphatic carbocycles. The van der Waals surface area contributed by atoms with Gasteiger partial charge in [0.15, 0.2) is 0 Å². The van der Waals surface area contributed by atoms with E-state index in [0.29, 0.717) is 17.0 Å². The van der Waals surface area contributed by atoms with E-state index in [0.717, 1.165) is 10.4 Å². The zero-order valence-electron chi connectivity index (χ0n) is 14.0. The van der Waals surface area contributed by atoms with Gasteiger partial charge in [0, 0.05) is 0 Å². The van der Waals surface area contributed by atoms with Crippen LogP contribution in [0.5, 0.6) is 0 Å². The third-order valence-corrected chi connectivity index (χ3v) is 5.28. The third-order valence-electron chi connectivity index (χ3n) is 3.61. The Labute approximate surface area is 154 Å². The van der Waals surface area contributed by atoms with Crippen molar-refractivity contribution in [3.05, 3.63) is 53.4 Å². The molecule has 0 saturated carbocycles. The zero-order valence-corrected chi connectivity index (χ0v) is 15.6. The summed E-state index contributed by atoms with van der Waals surface area (Å²) in [4.78, 5) is 13.2. The number of benzene rings is 1. The van der Waals surface area contributed by atoms with Crippen LogP contribution >= 0.6 is 23.1 Å². The van der Waals surface area contributed by atoms with Gasteiger partial charge in [-0.1, -0.05) is 62.0 Å². The van der Waals surface area contributed by atoms with E-state index >= 15 is 0 Å². The van der Waals surface area contributed by atoms with Crippen molar-refractivity contribution >= 4 is 29.0 Å². The van der Waals surface area contributed by atoms with E-state index < -0.39 is 0 Å². The molecule has 1 atom stereocenters. The number of hydrogen-bond donors (Lipinski definition) is 1. The molecule has 2 heterocycles. The number of hydrogen-bond acceptors (Lipinski definition) is 6. The Kier molecular flexibility index (Phi) is 5.88. The summed E-state index contributed by atoms with van der Waals surface area (Å²) >= 11 is 2.79. The van der Waals surface area contributed by atoms with Gasteiger partial charge in [-0.25, -0.2) is 0 Å². The molecule has 0 aliphatic heterocycles. The monoisotopic (exact) mass is 373 g/mol. The second kappa shape index (κ2) is 8.31. The molecule has 0 saturated heterocycles. The molecule has 1 amide bonds. The number of carbonyl (C=O) groups is 1. The van der Waals surface area contributed by atoms with Gasteiger partial charge < -0.3 is 9.73 Å². The first-order chi connectivity index (χ1) is 12.1. The third kappa shape index (κ3) is 4.70. The number of thiophene rings is 1. The van der Waals surface area contributed by atoms with Crippen molar-refractivity contribution in [2.75, 3.05) is 5.75 Å². The van der Waals surface area contributed by atoms with Crippen LogP contribution in [0.4, 0.5) is 0 Å². The van der Waals surface area contributed by atoms with Crippen LogP contribution in [0.15, 0.2) is 57.5 Å². The fourth-order valence-corrected chi connectivity index (χ4v) is 3.62. The molecule has 0 aliphatic rings. The van der Waals surface area contributed by atoms with Gasteiger partial charge in [0.1, 0.15) is 0 Å². The highest BCUT2D eigenvalue weighted by Crippen LogP contribution is 2.27. The lowest BCUT2D eigenvalue weighted by molar-refractivity contribution is -0.119. The van der Waals surface area contributed by atoms with E-state index in [4.69, 9.17) is 4.42 Å². The molecule has 25 heavy (non-hydrogen) atoms. The SMILES string of the molecule is CC(C)C(NC(=O)CSc1nnc(-c2cccs2)o1)c1ccccc1. The maximum absolute atomic E-state index is 12.3. The second-order valence-electron chi connectivity index (χ2n) is 5.84. The molecule has 1 unspecified atom stereocenters. The van der Waals surface area contributed by atoms with Gasteiger partial charge >= 0.3 is 0 Å². The number of rotatable bonds is 7. The van der Waals surface area contributed by atoms with Crippen molar-refractivity contribution < 1.29 is 9.21 Å². The van der Waals surface area contributed by atoms with Crippen molar-refractivity contribution in [3.8, 4) is 10.8 Å². The summed E-state index contributed by atoms with van der Waals surface area (Å²) in [6, 6.07) is 13.8. The van der Waals surface area contributed by atoms with Crippen LogP contribution in [0.3, 0.4) is 0 Å². The molecule has 0 radical (unpaired) electrons. The van der Waals surface area contributed by atoms with Crippen LogP contribution < -0.4 is 5.32 Å². The molecule has 1 aromatic carbocycles. The van der Waals surface area contributed by atoms with Crippen molar-refractivity contribution in [1.82, 2.24) is 15.5 Å². The molecule has 3 rings (SSSR count). The summed E-state index contributed by atoms with van der Waals surface area (Å²) < 4.78 is 5.59. The molecule has 0 fully saturated rings. The van der Waals surface area contributed by atoms with Crippen LogP contribution in [-0.4, -0.2) is 21.9 Å². The Balaban J connectivity index is 1.57. The molecule has 5 nitrogen and oxygen atoms in total. The quantitative estimate of drug-likeness (QED) is 0.622. The van der Waals surface area contributed by atoms with Crippen LogP contribution in [0, 0.1) is 5.92 Å². The number of carbonyl (C=O) groups excluding carboxylic acids is 1. The minimum Gasteiger partial charge on any atom is -0.410 e. The van der Waals surface area contributed by atoms with Crippen molar-refractivity contribution in [1.29, 1.82) is 0 Å². The fourth-order valence-electron chi connectivity index (χ4n) is 2.41. The smallest absolute Gasteiger partial charge is 0.277 e. The topological polar surface area (TPSA) is 68.0 Å². The highest BCUT2D eigenvalue weighted by Gasteiger charge is 2.19. The lowest BCUT2D eigenvalue weighted by atomic mass is 9.96. The minimum absolute atomic E-state index is 0.0151. The average Bonchev–Trinajstić information content (AvgIpc) is 3.29. The van der Waals surface area contributed by atoms with E-state index in [-0.39, 0.29) is 17.7 Å². The van der Waals surface area contributed by atoms with E-state index in [1.807, 2.05) is 47.8 Å². The Hall–Kier alpha value is -2.12. The van der Waals surface area contributed by atoms with Gasteiger partial charge in [-0.05, 0) is 22.9 Å². The maximum Gasteiger partial charge on any atom is 0.277 e. The van der Waals surface area contributed by atoms with E-state index in [9.17, 15) is 4.79 Å². The first kappa shape index (κ1) is 17.7. The van der Waals surface area contributed by atoms with Gasteiger partial charge in [-0.2, -0.15) is 0 Å². The standard InChI is InChI=1S/C18H19N3O2S2/c1-12(2)16(13-7-4-3-5-8-13)19-15(22)11-25-18-21-20-17(23-18)14-9-6-10-24-14/h3-10,12,16H,11H2,1-2H3,(H,19,22). The van der Waals surface area contributed by atoms with Gasteiger partial charge in [-0.3, -0.25) is 4.79 Å². The largest absolute Gasteiger partial charge is 0.410 e. The highest BCUT2D eigenvalue weighted by molar-refractivity contribution is 7.99. The van der Waals surface area contributed by atoms with E-state index in [1.165, 1.54) is 23.1 Å². The summed E-state index contributed by atoms with van der Waals surface area (Å²) in [5, 5.41) is 13.4. The Bertz CT molecular complexity index is 801. The van der Waals surface area contributed by atoms with Gasteiger partial charge in [0.05, 0.1) is 16.7 Å². The molecule has 7 heteroatoms. The normalized spacial score (nSPS) is 12.3. The summed E-state index contributed by atoms with van der Waals surface area (Å²) in [7, 11) is 0. The maximum atomic E-state index is 12.3. The highest BCUT2D eigenvalue weighted by atomic mass is 32.2. The first-order valence-corrected chi connectivity index (χ1v) is 9.84. The van der Waals surface area contributed by atoms with Crippen molar-refractivity contribution in [2.24, 2.45) is 5.92 Å². The average molecular weight is 374 g/mol. The molecule has 1 N–H and O–H groups in total. The predicted molar refractivity (Wildman–Crippen MR) is 100 cm³/mol. The molecule has 0 spiro atoms. The van der Waals surface area contributed by atoms with Gasteiger partial charge in [0.25, 0.3) is 11.1 Å². The van der Waals surface area contributed by atoms with Crippen LogP contribution in [-0.2, 0) is 4.79 Å². The summed E-state index contributed by atoms with van der Waals surface area (Å²) in [6.45, 7) is 4.19. The Morgan fingerprint density at radius 1 is 1.20 bits per heavy atom. The summed E-state index contributed by atoms with van der Waals surface area (Å²) in [6.07, 6.45) is 0. The van der Waals surface area contributed by atoms with Gasteiger partial charge in [0.2, 0.25) is 5.91 Å². The molecular weight excluding hydrogens is 354 g/mol. The molecule has 130 valence electrons. The number of nitrogens with zero attached hydrogens (tertiary/aromatic N) is 2. The number of amides is 1. The Morgan fingerprint density at radius 3 is 2.68 bits per heavy atom. The van der Waals surface area contributed by atoms with Gasteiger partial charge in [-0.15, -0.1) is 21.5 Å². The van der Waals surface area contributed by atoms with Crippen LogP contribution in [0.2, 0.25) is 0 Å². The summed E-state index contributed by atoms with van der Waals surface area (Å²) in [5.74, 6) is 0.971. The second-order valence-corrected chi connectivity index (χ2v) is 7.71. The van der Waals surface area contributed by atoms with Crippen molar-refractivity contribution in [3.63, 3.8) is 0 Å². The van der Waals surface area contributed by atoms with E-state index in [2.05, 4.69) is 29.4 Å². The molecule has 2 aromatic heterocycles. The zero-order chi connectivity index (χ0) is 17.6. The minimum atomic E-state index is -0.0524. The van der Waals surface area contributed by atoms with E-state index in [1.54, 1.807) is 0 Å². The van der Waals surface area contributed by atoms with Crippen LogP contribution in [0.1, 0.15) is 25.5 Å². The predicted octanol–water partition coefficient (Wildman–Crippen LogP) is 4.40. The molecular formula is C18H19N3O2S2. The molecule has 0 bridgehead atoms. The number of nitrogens with one attached hydrogen (secondary N) is 1. The Morgan fingerprint density at radius 2 is 2.00 bits per heavy atom.